The molecule has 37 heavy (non-hydrogen) atoms. The predicted octanol–water partition coefficient (Wildman–Crippen LogP) is 0.518. The zero-order valence-corrected chi connectivity index (χ0v) is 21.6. The molecule has 1 aliphatic heterocycles. The van der Waals surface area contributed by atoms with Crippen LogP contribution >= 0.6 is 0 Å². The Morgan fingerprint density at radius 2 is 1.95 bits per heavy atom. The van der Waals surface area contributed by atoms with Crippen molar-refractivity contribution in [3.8, 4) is 0 Å². The van der Waals surface area contributed by atoms with Crippen LogP contribution in [-0.4, -0.2) is 74.9 Å². The average molecular weight is 527 g/mol. The average Bonchev–Trinajstić information content (AvgIpc) is 3.51. The molecule has 12 heteroatoms. The Balaban J connectivity index is 1.54. The number of nitrogens with zero attached hydrogens (tertiary/aromatic N) is 2. The van der Waals surface area contributed by atoms with Gasteiger partial charge in [-0.15, -0.1) is 0 Å². The number of nitrogens with two attached hydrogens (primary N) is 1. The first-order valence-electron chi connectivity index (χ1n) is 12.1. The lowest BCUT2D eigenvalue weighted by atomic mass is 10.0. The number of Topliss-reactive ketones (excluding diaryl/α,β-unsaturated/α-hetero) is 1. The summed E-state index contributed by atoms with van der Waals surface area (Å²) in [7, 11) is -2.41. The first-order chi connectivity index (χ1) is 17.5. The molecule has 11 nitrogen and oxygen atoms in total. The molecule has 0 spiro atoms. The molecule has 0 bridgehead atoms. The summed E-state index contributed by atoms with van der Waals surface area (Å²) in [6.45, 7) is 2.88. The molecule has 197 valence electrons. The maximum Gasteiger partial charge on any atom is 0.241 e. The number of likely N-dealkylation sites (N-methyl/N-ethyl adjacent to an activating group) is 1. The topological polar surface area (TPSA) is 182 Å². The van der Waals surface area contributed by atoms with E-state index in [-0.39, 0.29) is 16.8 Å². The molecular weight excluding hydrogens is 494 g/mol. The van der Waals surface area contributed by atoms with Gasteiger partial charge < -0.3 is 16.0 Å². The van der Waals surface area contributed by atoms with Crippen molar-refractivity contribution in [3.05, 3.63) is 42.5 Å². The summed E-state index contributed by atoms with van der Waals surface area (Å²) in [5, 5.41) is 12.2. The fourth-order valence-electron chi connectivity index (χ4n) is 5.02. The van der Waals surface area contributed by atoms with Gasteiger partial charge in [0, 0.05) is 25.8 Å². The number of amides is 1. The zero-order chi connectivity index (χ0) is 27.0. The molecule has 2 fully saturated rings. The number of aliphatic imine (C=N–C) groups is 1. The molecule has 2 aliphatic rings. The number of benzene rings is 2. The Morgan fingerprint density at radius 3 is 2.59 bits per heavy atom. The van der Waals surface area contributed by atoms with E-state index < -0.39 is 45.2 Å². The van der Waals surface area contributed by atoms with Crippen LogP contribution in [0.2, 0.25) is 0 Å². The first-order valence-corrected chi connectivity index (χ1v) is 13.6. The highest BCUT2D eigenvalue weighted by atomic mass is 32.2. The van der Waals surface area contributed by atoms with E-state index in [0.29, 0.717) is 6.54 Å². The van der Waals surface area contributed by atoms with Crippen molar-refractivity contribution in [2.45, 2.75) is 42.3 Å². The van der Waals surface area contributed by atoms with Gasteiger partial charge in [-0.05, 0) is 49.2 Å². The Kier molecular flexibility index (Phi) is 7.47. The minimum absolute atomic E-state index is 0.00841. The van der Waals surface area contributed by atoms with Gasteiger partial charge in [0.05, 0.1) is 28.3 Å². The number of ketones is 1. The maximum atomic E-state index is 13.4. The summed E-state index contributed by atoms with van der Waals surface area (Å²) in [6, 6.07) is 10.7. The lowest BCUT2D eigenvalue weighted by Crippen LogP contribution is -2.48. The van der Waals surface area contributed by atoms with E-state index in [1.54, 1.807) is 30.1 Å². The molecule has 1 saturated heterocycles. The Hall–Kier alpha value is -3.19. The lowest BCUT2D eigenvalue weighted by molar-refractivity contribution is -0.135. The van der Waals surface area contributed by atoms with Gasteiger partial charge in [-0.3, -0.25) is 15.0 Å². The number of carbonyl (C=O) groups excluding carboxylic acids is 2. The molecule has 1 aliphatic carbocycles. The Morgan fingerprint density at radius 1 is 1.24 bits per heavy atom. The van der Waals surface area contributed by atoms with E-state index in [1.165, 1.54) is 19.1 Å². The van der Waals surface area contributed by atoms with E-state index in [4.69, 9.17) is 16.9 Å². The van der Waals surface area contributed by atoms with Gasteiger partial charge in [0.25, 0.3) is 0 Å². The van der Waals surface area contributed by atoms with E-state index in [9.17, 15) is 18.0 Å². The second-order valence-corrected chi connectivity index (χ2v) is 11.4. The van der Waals surface area contributed by atoms with Crippen LogP contribution in [0.3, 0.4) is 0 Å². The minimum Gasteiger partial charge on any atom is -0.368 e. The van der Waals surface area contributed by atoms with E-state index in [1.807, 2.05) is 12.1 Å². The summed E-state index contributed by atoms with van der Waals surface area (Å²) in [5.41, 5.74) is 12.4. The fraction of sp³-hybridized carbons (Fsp3) is 0.440. The van der Waals surface area contributed by atoms with Gasteiger partial charge in [-0.25, -0.2) is 23.9 Å². The van der Waals surface area contributed by atoms with Crippen LogP contribution in [0.4, 0.5) is 0 Å². The molecule has 6 N–H and O–H groups in total. The largest absolute Gasteiger partial charge is 0.368 e. The van der Waals surface area contributed by atoms with Crippen molar-refractivity contribution in [2.75, 3.05) is 20.1 Å². The third-order valence-corrected chi connectivity index (χ3v) is 8.74. The summed E-state index contributed by atoms with van der Waals surface area (Å²) in [5.74, 6) is -3.71. The molecule has 2 aromatic carbocycles. The minimum atomic E-state index is -4.06. The standard InChI is InChI=1S/C25H32N7O4S/c1-15(31-37(35,36)19-10-9-16-6-3-4-7-17(16)12-19)22(33)20-21(25(20,28)14-30-24(26)27)23(34)32(2)18-8-5-11-29-13-18/h3-4,6-7,9-10,12,14-15,18,20-21,28-29,31H,5,8,11,13H2,1-2H3,(H3,26,27)/t15-,18?,20?,21-,25?/m1/s1. The van der Waals surface area contributed by atoms with Crippen molar-refractivity contribution in [2.24, 2.45) is 22.6 Å². The highest BCUT2D eigenvalue weighted by Gasteiger charge is 2.70. The van der Waals surface area contributed by atoms with E-state index >= 15 is 0 Å². The monoisotopic (exact) mass is 526 g/mol. The quantitative estimate of drug-likeness (QED) is 0.287. The number of hydrogen-bond acceptors (Lipinski definition) is 6. The van der Waals surface area contributed by atoms with Crippen molar-refractivity contribution < 1.29 is 18.0 Å². The first kappa shape index (κ1) is 26.9. The number of carbonyl (C=O) groups is 2. The molecule has 1 saturated carbocycles. The summed E-state index contributed by atoms with van der Waals surface area (Å²) in [4.78, 5) is 32.0. The highest BCUT2D eigenvalue weighted by Crippen LogP contribution is 2.51. The highest BCUT2D eigenvalue weighted by molar-refractivity contribution is 7.89. The van der Waals surface area contributed by atoms with Gasteiger partial charge in [0.2, 0.25) is 21.9 Å². The number of rotatable bonds is 8. The van der Waals surface area contributed by atoms with Crippen LogP contribution in [0, 0.1) is 17.2 Å². The van der Waals surface area contributed by atoms with Crippen molar-refractivity contribution in [1.29, 1.82) is 5.41 Å². The van der Waals surface area contributed by atoms with Gasteiger partial charge >= 0.3 is 0 Å². The molecular formula is C25H32N7O4S. The van der Waals surface area contributed by atoms with Crippen LogP contribution in [-0.2, 0) is 19.6 Å². The number of hydrogen-bond donors (Lipinski definition) is 4. The van der Waals surface area contributed by atoms with Crippen molar-refractivity contribution in [3.63, 3.8) is 0 Å². The molecule has 2 aromatic rings. The van der Waals surface area contributed by atoms with Gasteiger partial charge in [0.15, 0.2) is 5.78 Å². The fourth-order valence-corrected chi connectivity index (χ4v) is 6.26. The summed E-state index contributed by atoms with van der Waals surface area (Å²) >= 11 is 0. The Labute approximate surface area is 216 Å². The van der Waals surface area contributed by atoms with Crippen LogP contribution in [0.15, 0.2) is 52.4 Å². The predicted molar refractivity (Wildman–Crippen MR) is 141 cm³/mol. The van der Waals surface area contributed by atoms with Crippen molar-refractivity contribution in [1.82, 2.24) is 20.7 Å². The number of piperidine rings is 1. The van der Waals surface area contributed by atoms with Crippen molar-refractivity contribution >= 4 is 44.7 Å². The number of fused-ring (bicyclic) bond motifs is 1. The number of nitrogens with one attached hydrogen (secondary N) is 4. The third kappa shape index (κ3) is 5.42. The van der Waals surface area contributed by atoms with E-state index in [2.05, 4.69) is 15.0 Å². The second-order valence-electron chi connectivity index (χ2n) is 9.74. The molecule has 1 radical (unpaired) electrons. The zero-order valence-electron chi connectivity index (χ0n) is 20.8. The number of guanidine groups is 1. The van der Waals surface area contributed by atoms with Crippen LogP contribution in [0.5, 0.6) is 0 Å². The van der Waals surface area contributed by atoms with Crippen LogP contribution < -0.4 is 21.5 Å². The third-order valence-electron chi connectivity index (χ3n) is 7.20. The normalized spacial score (nSPS) is 26.6. The molecule has 4 rings (SSSR count). The molecule has 1 amide bonds. The molecule has 0 aromatic heterocycles. The van der Waals surface area contributed by atoms with Gasteiger partial charge in [-0.1, -0.05) is 30.3 Å². The smallest absolute Gasteiger partial charge is 0.241 e. The SMILES string of the molecule is C[C@@H](NS(=O)(=O)c1ccc2ccccc2c1)C(=O)C1[C@H](C(=O)N(C)C2CCCNC2)C1([NH])C=NC(=N)N. The van der Waals surface area contributed by atoms with E-state index in [0.717, 1.165) is 36.4 Å². The summed E-state index contributed by atoms with van der Waals surface area (Å²) in [6.07, 6.45) is 2.76. The molecule has 5 atom stereocenters. The Bertz CT molecular complexity index is 1360. The number of sulfonamides is 1. The molecule has 1 heterocycles. The molecule has 3 unspecified atom stereocenters. The maximum absolute atomic E-state index is 13.4. The van der Waals surface area contributed by atoms with Gasteiger partial charge in [-0.2, -0.15) is 0 Å². The lowest BCUT2D eigenvalue weighted by Gasteiger charge is -2.32. The summed E-state index contributed by atoms with van der Waals surface area (Å²) < 4.78 is 28.6. The van der Waals surface area contributed by atoms with Gasteiger partial charge in [0.1, 0.15) is 0 Å². The van der Waals surface area contributed by atoms with Crippen LogP contribution in [0.25, 0.3) is 10.8 Å². The second kappa shape index (κ2) is 10.3. The van der Waals surface area contributed by atoms with Crippen LogP contribution in [0.1, 0.15) is 19.8 Å².